The van der Waals surface area contributed by atoms with Crippen LogP contribution in [-0.4, -0.2) is 0 Å². The molecule has 1 atom stereocenters. The van der Waals surface area contributed by atoms with E-state index in [2.05, 4.69) is 15.9 Å². The van der Waals surface area contributed by atoms with E-state index in [1.165, 1.54) is 18.2 Å². The van der Waals surface area contributed by atoms with Crippen molar-refractivity contribution < 1.29 is 8.78 Å². The van der Waals surface area contributed by atoms with Crippen LogP contribution in [0.1, 0.15) is 17.2 Å². The molecule has 2 N–H and O–H groups in total. The van der Waals surface area contributed by atoms with Gasteiger partial charge in [0.05, 0.1) is 0 Å². The van der Waals surface area contributed by atoms with Crippen LogP contribution in [0.15, 0.2) is 46.9 Å². The van der Waals surface area contributed by atoms with Crippen LogP contribution >= 0.6 is 15.9 Å². The molecule has 4 heteroatoms. The van der Waals surface area contributed by atoms with Crippen molar-refractivity contribution >= 4 is 15.9 Å². The zero-order valence-electron chi connectivity index (χ0n) is 9.54. The molecule has 0 fully saturated rings. The van der Waals surface area contributed by atoms with E-state index >= 15 is 0 Å². The van der Waals surface area contributed by atoms with Gasteiger partial charge in [0.15, 0.2) is 0 Å². The fourth-order valence-corrected chi connectivity index (χ4v) is 2.38. The smallest absolute Gasteiger partial charge is 0.127 e. The van der Waals surface area contributed by atoms with Crippen molar-refractivity contribution in [2.45, 2.75) is 12.5 Å². The molecule has 0 aliphatic carbocycles. The Kier molecular flexibility index (Phi) is 4.09. The molecule has 0 amide bonds. The SMILES string of the molecule is NC(Cc1cc(F)cc(Br)c1)c1ccccc1F. The Balaban J connectivity index is 2.21. The van der Waals surface area contributed by atoms with Gasteiger partial charge in [-0.2, -0.15) is 0 Å². The monoisotopic (exact) mass is 311 g/mol. The Labute approximate surface area is 113 Å². The van der Waals surface area contributed by atoms with Crippen molar-refractivity contribution in [2.24, 2.45) is 5.73 Å². The van der Waals surface area contributed by atoms with Crippen LogP contribution in [0, 0.1) is 11.6 Å². The van der Waals surface area contributed by atoms with Gasteiger partial charge in [-0.25, -0.2) is 8.78 Å². The summed E-state index contributed by atoms with van der Waals surface area (Å²) < 4.78 is 27.4. The normalized spacial score (nSPS) is 12.4. The van der Waals surface area contributed by atoms with Crippen LogP contribution in [0.25, 0.3) is 0 Å². The van der Waals surface area contributed by atoms with Gasteiger partial charge < -0.3 is 5.73 Å². The molecule has 2 rings (SSSR count). The third kappa shape index (κ3) is 3.15. The van der Waals surface area contributed by atoms with Crippen LogP contribution in [-0.2, 0) is 6.42 Å². The summed E-state index contributed by atoms with van der Waals surface area (Å²) in [6.07, 6.45) is 0.386. The summed E-state index contributed by atoms with van der Waals surface area (Å²) in [6, 6.07) is 10.4. The van der Waals surface area contributed by atoms with Crippen molar-refractivity contribution in [3.63, 3.8) is 0 Å². The summed E-state index contributed by atoms with van der Waals surface area (Å²) >= 11 is 3.22. The molecule has 2 aromatic rings. The van der Waals surface area contributed by atoms with Gasteiger partial charge in [0.1, 0.15) is 11.6 Å². The molecular weight excluding hydrogens is 300 g/mol. The summed E-state index contributed by atoms with van der Waals surface area (Å²) in [7, 11) is 0. The molecule has 1 nitrogen and oxygen atoms in total. The number of hydrogen-bond donors (Lipinski definition) is 1. The first-order chi connectivity index (χ1) is 8.56. The molecule has 94 valence electrons. The highest BCUT2D eigenvalue weighted by molar-refractivity contribution is 9.10. The molecule has 0 aromatic heterocycles. The van der Waals surface area contributed by atoms with Crippen molar-refractivity contribution in [1.82, 2.24) is 0 Å². The van der Waals surface area contributed by atoms with Crippen LogP contribution in [0.3, 0.4) is 0 Å². The Morgan fingerprint density at radius 1 is 1.11 bits per heavy atom. The molecule has 0 radical (unpaired) electrons. The lowest BCUT2D eigenvalue weighted by molar-refractivity contribution is 0.578. The second-order valence-electron chi connectivity index (χ2n) is 4.11. The molecule has 0 aliphatic rings. The Morgan fingerprint density at radius 3 is 2.50 bits per heavy atom. The van der Waals surface area contributed by atoms with Crippen LogP contribution in [0.2, 0.25) is 0 Å². The predicted octanol–water partition coefficient (Wildman–Crippen LogP) is 3.97. The second-order valence-corrected chi connectivity index (χ2v) is 5.03. The van der Waals surface area contributed by atoms with E-state index in [-0.39, 0.29) is 11.6 Å². The van der Waals surface area contributed by atoms with E-state index in [0.717, 1.165) is 5.56 Å². The van der Waals surface area contributed by atoms with Crippen LogP contribution in [0.5, 0.6) is 0 Å². The van der Waals surface area contributed by atoms with Gasteiger partial charge in [0.2, 0.25) is 0 Å². The maximum atomic E-state index is 13.5. The van der Waals surface area contributed by atoms with Crippen molar-refractivity contribution in [1.29, 1.82) is 0 Å². The maximum absolute atomic E-state index is 13.5. The van der Waals surface area contributed by atoms with Gasteiger partial charge in [-0.3, -0.25) is 0 Å². The Bertz CT molecular complexity index is 537. The van der Waals surface area contributed by atoms with E-state index in [9.17, 15) is 8.78 Å². The first kappa shape index (κ1) is 13.2. The van der Waals surface area contributed by atoms with Crippen LogP contribution < -0.4 is 5.73 Å². The summed E-state index contributed by atoms with van der Waals surface area (Å²) in [5.41, 5.74) is 7.13. The standard InChI is InChI=1S/C14H12BrF2N/c15-10-5-9(6-11(16)8-10)7-14(18)12-3-1-2-4-13(12)17/h1-6,8,14H,7,18H2. The largest absolute Gasteiger partial charge is 0.324 e. The zero-order valence-corrected chi connectivity index (χ0v) is 11.1. The second kappa shape index (κ2) is 5.59. The minimum atomic E-state index is -0.486. The van der Waals surface area contributed by atoms with Crippen molar-refractivity contribution in [3.05, 3.63) is 69.7 Å². The molecular formula is C14H12BrF2N. The van der Waals surface area contributed by atoms with Gasteiger partial charge in [0.25, 0.3) is 0 Å². The molecule has 0 aliphatic heterocycles. The van der Waals surface area contributed by atoms with Gasteiger partial charge in [-0.15, -0.1) is 0 Å². The number of hydrogen-bond acceptors (Lipinski definition) is 1. The molecule has 18 heavy (non-hydrogen) atoms. The fourth-order valence-electron chi connectivity index (χ4n) is 1.87. The Hall–Kier alpha value is -1.26. The molecule has 0 saturated heterocycles. The summed E-state index contributed by atoms with van der Waals surface area (Å²) in [5, 5.41) is 0. The third-order valence-corrected chi connectivity index (χ3v) is 3.14. The molecule has 0 heterocycles. The third-order valence-electron chi connectivity index (χ3n) is 2.68. The summed E-state index contributed by atoms with van der Waals surface area (Å²) in [6.45, 7) is 0. The van der Waals surface area contributed by atoms with Crippen molar-refractivity contribution in [3.8, 4) is 0 Å². The first-order valence-corrected chi connectivity index (χ1v) is 6.30. The predicted molar refractivity (Wildman–Crippen MR) is 71.1 cm³/mol. The highest BCUT2D eigenvalue weighted by atomic mass is 79.9. The maximum Gasteiger partial charge on any atom is 0.127 e. The highest BCUT2D eigenvalue weighted by Crippen LogP contribution is 2.22. The number of benzene rings is 2. The van der Waals surface area contributed by atoms with Crippen molar-refractivity contribution in [2.75, 3.05) is 0 Å². The van der Waals surface area contributed by atoms with Gasteiger partial charge in [-0.1, -0.05) is 34.1 Å². The lowest BCUT2D eigenvalue weighted by Crippen LogP contribution is -2.15. The van der Waals surface area contributed by atoms with E-state index in [1.807, 2.05) is 0 Å². The number of rotatable bonds is 3. The first-order valence-electron chi connectivity index (χ1n) is 5.51. The summed E-state index contributed by atoms with van der Waals surface area (Å²) in [5.74, 6) is -0.666. The van der Waals surface area contributed by atoms with Gasteiger partial charge in [0, 0.05) is 16.1 Å². The van der Waals surface area contributed by atoms with Gasteiger partial charge in [-0.05, 0) is 36.2 Å². The van der Waals surface area contributed by atoms with Crippen LogP contribution in [0.4, 0.5) is 8.78 Å². The zero-order chi connectivity index (χ0) is 13.1. The van der Waals surface area contributed by atoms with E-state index in [1.54, 1.807) is 24.3 Å². The van der Waals surface area contributed by atoms with E-state index in [4.69, 9.17) is 5.73 Å². The highest BCUT2D eigenvalue weighted by Gasteiger charge is 2.12. The molecule has 0 saturated carbocycles. The average Bonchev–Trinajstić information content (AvgIpc) is 2.27. The minimum Gasteiger partial charge on any atom is -0.324 e. The van der Waals surface area contributed by atoms with Gasteiger partial charge >= 0.3 is 0 Å². The number of nitrogens with two attached hydrogens (primary N) is 1. The molecule has 0 bridgehead atoms. The average molecular weight is 312 g/mol. The summed E-state index contributed by atoms with van der Waals surface area (Å²) in [4.78, 5) is 0. The van der Waals surface area contributed by atoms with E-state index < -0.39 is 6.04 Å². The Morgan fingerprint density at radius 2 is 1.83 bits per heavy atom. The quantitative estimate of drug-likeness (QED) is 0.912. The lowest BCUT2D eigenvalue weighted by atomic mass is 9.99. The lowest BCUT2D eigenvalue weighted by Gasteiger charge is -2.13. The topological polar surface area (TPSA) is 26.0 Å². The molecule has 2 aromatic carbocycles. The number of halogens is 3. The molecule has 1 unspecified atom stereocenters. The fraction of sp³-hybridized carbons (Fsp3) is 0.143. The van der Waals surface area contributed by atoms with E-state index in [0.29, 0.717) is 16.5 Å². The minimum absolute atomic E-state index is 0.333. The molecule has 0 spiro atoms.